The third-order valence-electron chi connectivity index (χ3n) is 6.19. The summed E-state index contributed by atoms with van der Waals surface area (Å²) in [6.45, 7) is 4.21. The molecule has 4 nitrogen and oxygen atoms in total. The molecular weight excluding hydrogens is 410 g/mol. The molecule has 0 aromatic heterocycles. The van der Waals surface area contributed by atoms with Crippen LogP contribution in [-0.4, -0.2) is 34.9 Å². The molecule has 0 radical (unpaired) electrons. The Morgan fingerprint density at radius 2 is 1.18 bits per heavy atom. The van der Waals surface area contributed by atoms with Crippen LogP contribution in [0, 0.1) is 0 Å². The minimum absolute atomic E-state index is 0.0800. The fourth-order valence-corrected chi connectivity index (χ4v) is 3.95. The first-order chi connectivity index (χ1) is 16.2. The van der Waals surface area contributed by atoms with Crippen LogP contribution in [0.2, 0.25) is 0 Å². The van der Waals surface area contributed by atoms with Gasteiger partial charge in [-0.2, -0.15) is 0 Å². The Bertz CT molecular complexity index is 475. The molecule has 0 aliphatic heterocycles. The smallest absolute Gasteiger partial charge is 0.220 e. The Labute approximate surface area is 205 Å². The topological polar surface area (TPSA) is 69.6 Å². The van der Waals surface area contributed by atoms with E-state index in [1.807, 2.05) is 6.08 Å². The Balaban J connectivity index is 3.74. The molecule has 3 N–H and O–H groups in total. The highest BCUT2D eigenvalue weighted by molar-refractivity contribution is 5.76. The zero-order chi connectivity index (χ0) is 24.4. The van der Waals surface area contributed by atoms with Crippen molar-refractivity contribution >= 4 is 5.91 Å². The Hall–Kier alpha value is -1.13. The van der Waals surface area contributed by atoms with E-state index in [0.717, 1.165) is 32.1 Å². The molecule has 0 unspecified atom stereocenters. The van der Waals surface area contributed by atoms with Crippen molar-refractivity contribution in [1.82, 2.24) is 5.32 Å². The summed E-state index contributed by atoms with van der Waals surface area (Å²) in [7, 11) is 0. The maximum atomic E-state index is 12.2. The highest BCUT2D eigenvalue weighted by atomic mass is 16.3. The van der Waals surface area contributed by atoms with Crippen LogP contribution in [0.3, 0.4) is 0 Å². The molecule has 0 aromatic rings. The second kappa shape index (κ2) is 25.5. The highest BCUT2D eigenvalue weighted by Crippen LogP contribution is 2.12. The summed E-state index contributed by atoms with van der Waals surface area (Å²) in [5.74, 6) is -0.0800. The van der Waals surface area contributed by atoms with Gasteiger partial charge in [-0.3, -0.25) is 4.79 Å². The number of nitrogens with one attached hydrogen (secondary N) is 1. The number of hydrogen-bond acceptors (Lipinski definition) is 3. The number of aliphatic hydroxyl groups excluding tert-OH is 2. The van der Waals surface area contributed by atoms with Crippen LogP contribution in [0.15, 0.2) is 24.3 Å². The van der Waals surface area contributed by atoms with Crippen LogP contribution in [0.1, 0.15) is 136 Å². The van der Waals surface area contributed by atoms with Crippen LogP contribution >= 0.6 is 0 Å². The highest BCUT2D eigenvalue weighted by Gasteiger charge is 2.17. The lowest BCUT2D eigenvalue weighted by Gasteiger charge is -2.19. The summed E-state index contributed by atoms with van der Waals surface area (Å²) in [5, 5.41) is 22.6. The van der Waals surface area contributed by atoms with Gasteiger partial charge in [0, 0.05) is 6.42 Å². The van der Waals surface area contributed by atoms with Gasteiger partial charge < -0.3 is 15.5 Å². The van der Waals surface area contributed by atoms with Crippen LogP contribution in [0.25, 0.3) is 0 Å². The van der Waals surface area contributed by atoms with Gasteiger partial charge in [-0.05, 0) is 32.1 Å². The fraction of sp³-hybridized carbons (Fsp3) is 0.828. The maximum absolute atomic E-state index is 12.2. The van der Waals surface area contributed by atoms with E-state index in [4.69, 9.17) is 0 Å². The van der Waals surface area contributed by atoms with Gasteiger partial charge in [0.2, 0.25) is 5.91 Å². The van der Waals surface area contributed by atoms with Gasteiger partial charge in [0.25, 0.3) is 0 Å². The lowest BCUT2D eigenvalue weighted by molar-refractivity contribution is -0.123. The molecule has 0 aliphatic carbocycles. The van der Waals surface area contributed by atoms with E-state index >= 15 is 0 Å². The Kier molecular flexibility index (Phi) is 24.6. The van der Waals surface area contributed by atoms with Crippen molar-refractivity contribution in [3.63, 3.8) is 0 Å². The summed E-state index contributed by atoms with van der Waals surface area (Å²) in [4.78, 5) is 12.2. The first-order valence-electron chi connectivity index (χ1n) is 14.1. The van der Waals surface area contributed by atoms with Crippen molar-refractivity contribution in [2.75, 3.05) is 6.61 Å². The zero-order valence-electron chi connectivity index (χ0n) is 21.9. The minimum atomic E-state index is -0.852. The Morgan fingerprint density at radius 1 is 0.697 bits per heavy atom. The molecule has 0 saturated carbocycles. The zero-order valence-corrected chi connectivity index (χ0v) is 21.9. The number of carbonyl (C=O) groups excluding carboxylic acids is 1. The SMILES string of the molecule is CCCCC/C=C/CC/C=C/[C@@H](O)[C@H](CO)NC(=O)CCCCCCCCCCCCCC. The molecule has 0 spiro atoms. The number of allylic oxidation sites excluding steroid dienone is 3. The third kappa shape index (κ3) is 22.4. The molecule has 0 aromatic carbocycles. The maximum Gasteiger partial charge on any atom is 0.220 e. The molecule has 0 bridgehead atoms. The second-order valence-electron chi connectivity index (χ2n) is 9.46. The van der Waals surface area contributed by atoms with E-state index in [2.05, 4.69) is 31.3 Å². The van der Waals surface area contributed by atoms with E-state index in [0.29, 0.717) is 6.42 Å². The summed E-state index contributed by atoms with van der Waals surface area (Å²) >= 11 is 0. The molecule has 4 heteroatoms. The molecule has 194 valence electrons. The molecule has 0 heterocycles. The first-order valence-corrected chi connectivity index (χ1v) is 14.1. The number of aliphatic hydroxyl groups is 2. The van der Waals surface area contributed by atoms with E-state index < -0.39 is 12.1 Å². The standard InChI is InChI=1S/C29H55NO3/c1-3-5-7-9-11-13-14-15-17-19-21-23-25-29(33)30-27(26-31)28(32)24-22-20-18-16-12-10-8-6-4-2/h12,16,22,24,27-28,31-32H,3-11,13-15,17-21,23,25-26H2,1-2H3,(H,30,33)/b16-12+,24-22+/t27-,28+/m0/s1. The van der Waals surface area contributed by atoms with Crippen molar-refractivity contribution in [3.8, 4) is 0 Å². The van der Waals surface area contributed by atoms with Gasteiger partial charge in [-0.1, -0.05) is 122 Å². The predicted octanol–water partition coefficient (Wildman–Crippen LogP) is 7.39. The van der Waals surface area contributed by atoms with Gasteiger partial charge in [-0.15, -0.1) is 0 Å². The fourth-order valence-electron chi connectivity index (χ4n) is 3.95. The van der Waals surface area contributed by atoms with Gasteiger partial charge in [0.05, 0.1) is 18.8 Å². The van der Waals surface area contributed by atoms with Gasteiger partial charge >= 0.3 is 0 Å². The van der Waals surface area contributed by atoms with Gasteiger partial charge in [0.1, 0.15) is 0 Å². The summed E-state index contributed by atoms with van der Waals surface area (Å²) < 4.78 is 0. The molecule has 0 rings (SSSR count). The van der Waals surface area contributed by atoms with Crippen LogP contribution in [-0.2, 0) is 4.79 Å². The minimum Gasteiger partial charge on any atom is -0.394 e. The molecule has 0 fully saturated rings. The average molecular weight is 466 g/mol. The second-order valence-corrected chi connectivity index (χ2v) is 9.46. The van der Waals surface area contributed by atoms with Crippen molar-refractivity contribution in [2.24, 2.45) is 0 Å². The molecule has 2 atom stereocenters. The summed E-state index contributed by atoms with van der Waals surface area (Å²) in [5.41, 5.74) is 0. The molecule has 1 amide bonds. The van der Waals surface area contributed by atoms with Gasteiger partial charge in [0.15, 0.2) is 0 Å². The largest absolute Gasteiger partial charge is 0.394 e. The van der Waals surface area contributed by atoms with Crippen LogP contribution in [0.5, 0.6) is 0 Å². The van der Waals surface area contributed by atoms with Crippen molar-refractivity contribution in [2.45, 2.75) is 148 Å². The van der Waals surface area contributed by atoms with E-state index in [1.54, 1.807) is 6.08 Å². The van der Waals surface area contributed by atoms with E-state index in [1.165, 1.54) is 83.5 Å². The summed E-state index contributed by atoms with van der Waals surface area (Å²) in [6.07, 6.45) is 29.6. The Morgan fingerprint density at radius 3 is 1.76 bits per heavy atom. The molecule has 0 saturated heterocycles. The lowest BCUT2D eigenvalue weighted by atomic mass is 10.0. The van der Waals surface area contributed by atoms with Crippen molar-refractivity contribution in [1.29, 1.82) is 0 Å². The number of hydrogen-bond donors (Lipinski definition) is 3. The number of unbranched alkanes of at least 4 members (excludes halogenated alkanes) is 15. The molecule has 0 aliphatic rings. The van der Waals surface area contributed by atoms with E-state index in [-0.39, 0.29) is 12.5 Å². The summed E-state index contributed by atoms with van der Waals surface area (Å²) in [6, 6.07) is -0.629. The molecular formula is C29H55NO3. The van der Waals surface area contributed by atoms with Crippen LogP contribution < -0.4 is 5.32 Å². The quantitative estimate of drug-likeness (QED) is 0.103. The van der Waals surface area contributed by atoms with Crippen LogP contribution in [0.4, 0.5) is 0 Å². The lowest BCUT2D eigenvalue weighted by Crippen LogP contribution is -2.45. The number of amides is 1. The number of rotatable bonds is 24. The monoisotopic (exact) mass is 465 g/mol. The average Bonchev–Trinajstić information content (AvgIpc) is 2.82. The third-order valence-corrected chi connectivity index (χ3v) is 6.19. The van der Waals surface area contributed by atoms with Crippen molar-refractivity contribution < 1.29 is 15.0 Å². The number of carbonyl (C=O) groups is 1. The first kappa shape index (κ1) is 31.9. The van der Waals surface area contributed by atoms with Gasteiger partial charge in [-0.25, -0.2) is 0 Å². The van der Waals surface area contributed by atoms with Crippen molar-refractivity contribution in [3.05, 3.63) is 24.3 Å². The van der Waals surface area contributed by atoms with E-state index in [9.17, 15) is 15.0 Å². The normalized spacial score (nSPS) is 13.7. The molecule has 33 heavy (non-hydrogen) atoms. The predicted molar refractivity (Wildman–Crippen MR) is 142 cm³/mol.